The van der Waals surface area contributed by atoms with Gasteiger partial charge in [-0.05, 0) is 12.1 Å². The number of para-hydroxylation sites is 1. The van der Waals surface area contributed by atoms with Crippen LogP contribution in [0.5, 0.6) is 0 Å². The third kappa shape index (κ3) is 2.69. The molecule has 1 atom stereocenters. The molecule has 19 heavy (non-hydrogen) atoms. The van der Waals surface area contributed by atoms with Gasteiger partial charge in [-0.3, -0.25) is 5.01 Å². The summed E-state index contributed by atoms with van der Waals surface area (Å²) in [7, 11) is 1.14. The summed E-state index contributed by atoms with van der Waals surface area (Å²) in [6.07, 6.45) is -5.05. The van der Waals surface area contributed by atoms with Gasteiger partial charge in [0.25, 0.3) is 0 Å². The standard InChI is InChI=1S/C12H11F3N2O2/c1-19-11(18)9-7-10(12(13,14)15)16-17(9)8-5-3-2-4-6-8/h2-6,9H,7H2,1H3. The van der Waals surface area contributed by atoms with Crippen LogP contribution >= 0.6 is 0 Å². The van der Waals surface area contributed by atoms with E-state index in [4.69, 9.17) is 0 Å². The van der Waals surface area contributed by atoms with Gasteiger partial charge in [0.1, 0.15) is 5.71 Å². The smallest absolute Gasteiger partial charge is 0.431 e. The maximum absolute atomic E-state index is 12.7. The number of hydrogen-bond acceptors (Lipinski definition) is 4. The quantitative estimate of drug-likeness (QED) is 0.776. The number of rotatable bonds is 2. The minimum Gasteiger partial charge on any atom is -0.467 e. The van der Waals surface area contributed by atoms with Gasteiger partial charge < -0.3 is 4.74 Å². The Labute approximate surface area is 107 Å². The number of carbonyl (C=O) groups excluding carboxylic acids is 1. The zero-order chi connectivity index (χ0) is 14.0. The van der Waals surface area contributed by atoms with Crippen molar-refractivity contribution in [1.82, 2.24) is 0 Å². The van der Waals surface area contributed by atoms with Gasteiger partial charge in [-0.15, -0.1) is 0 Å². The van der Waals surface area contributed by atoms with Crippen LogP contribution in [0, 0.1) is 0 Å². The van der Waals surface area contributed by atoms with Crippen molar-refractivity contribution in [2.75, 3.05) is 12.1 Å². The Balaban J connectivity index is 2.35. The summed E-state index contributed by atoms with van der Waals surface area (Å²) in [6.45, 7) is 0. The molecule has 1 unspecified atom stereocenters. The lowest BCUT2D eigenvalue weighted by Crippen LogP contribution is -2.35. The Kier molecular flexibility index (Phi) is 3.46. The fourth-order valence-corrected chi connectivity index (χ4v) is 1.82. The van der Waals surface area contributed by atoms with Crippen LogP contribution in [0.25, 0.3) is 0 Å². The molecule has 0 N–H and O–H groups in total. The number of anilines is 1. The number of hydrogen-bond donors (Lipinski definition) is 0. The van der Waals surface area contributed by atoms with E-state index in [1.165, 1.54) is 0 Å². The summed E-state index contributed by atoms with van der Waals surface area (Å²) in [5, 5.41) is 4.55. The van der Waals surface area contributed by atoms with Crippen LogP contribution in [0.1, 0.15) is 6.42 Å². The molecule has 0 aliphatic carbocycles. The first-order chi connectivity index (χ1) is 8.93. The summed E-state index contributed by atoms with van der Waals surface area (Å²) < 4.78 is 42.6. The van der Waals surface area contributed by atoms with Gasteiger partial charge >= 0.3 is 12.1 Å². The molecule has 0 saturated carbocycles. The molecule has 1 aliphatic heterocycles. The van der Waals surface area contributed by atoms with Crippen molar-refractivity contribution in [3.05, 3.63) is 30.3 Å². The molecule has 4 nitrogen and oxygen atoms in total. The molecule has 0 fully saturated rings. The first-order valence-electron chi connectivity index (χ1n) is 5.50. The van der Waals surface area contributed by atoms with E-state index >= 15 is 0 Å². The molecule has 7 heteroatoms. The van der Waals surface area contributed by atoms with Crippen molar-refractivity contribution in [1.29, 1.82) is 0 Å². The van der Waals surface area contributed by atoms with Crippen molar-refractivity contribution >= 4 is 17.4 Å². The van der Waals surface area contributed by atoms with E-state index in [0.717, 1.165) is 12.1 Å². The largest absolute Gasteiger partial charge is 0.467 e. The minimum atomic E-state index is -4.55. The van der Waals surface area contributed by atoms with Gasteiger partial charge in [0.15, 0.2) is 6.04 Å². The van der Waals surface area contributed by atoms with Gasteiger partial charge in [0.2, 0.25) is 0 Å². The lowest BCUT2D eigenvalue weighted by atomic mass is 10.1. The zero-order valence-corrected chi connectivity index (χ0v) is 10.0. The average molecular weight is 272 g/mol. The number of methoxy groups -OCH3 is 1. The first-order valence-corrected chi connectivity index (χ1v) is 5.50. The molecule has 0 radical (unpaired) electrons. The van der Waals surface area contributed by atoms with Crippen LogP contribution in [0.15, 0.2) is 35.4 Å². The number of halogens is 3. The van der Waals surface area contributed by atoms with Crippen LogP contribution in [-0.4, -0.2) is 31.0 Å². The molecule has 0 amide bonds. The number of esters is 1. The van der Waals surface area contributed by atoms with Crippen LogP contribution < -0.4 is 5.01 Å². The monoisotopic (exact) mass is 272 g/mol. The summed E-state index contributed by atoms with van der Waals surface area (Å²) in [6, 6.07) is 7.12. The van der Waals surface area contributed by atoms with E-state index in [0.29, 0.717) is 5.69 Å². The molecule has 1 aromatic rings. The SMILES string of the molecule is COC(=O)C1CC(C(F)(F)F)=NN1c1ccccc1. The summed E-state index contributed by atoms with van der Waals surface area (Å²) in [5.41, 5.74) is -0.566. The topological polar surface area (TPSA) is 41.9 Å². The Hall–Kier alpha value is -2.05. The maximum atomic E-state index is 12.7. The van der Waals surface area contributed by atoms with Gasteiger partial charge in [-0.1, -0.05) is 18.2 Å². The van der Waals surface area contributed by atoms with E-state index in [1.54, 1.807) is 30.3 Å². The Morgan fingerprint density at radius 3 is 2.53 bits per heavy atom. The molecule has 1 heterocycles. The third-order valence-corrected chi connectivity index (χ3v) is 2.73. The Morgan fingerprint density at radius 1 is 1.37 bits per heavy atom. The van der Waals surface area contributed by atoms with Crippen molar-refractivity contribution in [2.45, 2.75) is 18.6 Å². The van der Waals surface area contributed by atoms with Crippen molar-refractivity contribution in [3.63, 3.8) is 0 Å². The van der Waals surface area contributed by atoms with Gasteiger partial charge in [0.05, 0.1) is 12.8 Å². The van der Waals surface area contributed by atoms with Gasteiger partial charge in [-0.25, -0.2) is 4.79 Å². The maximum Gasteiger partial charge on any atom is 0.431 e. The van der Waals surface area contributed by atoms with Crippen LogP contribution in [0.2, 0.25) is 0 Å². The van der Waals surface area contributed by atoms with E-state index in [1.807, 2.05) is 0 Å². The highest BCUT2D eigenvalue weighted by molar-refractivity contribution is 5.99. The van der Waals surface area contributed by atoms with Crippen molar-refractivity contribution < 1.29 is 22.7 Å². The zero-order valence-electron chi connectivity index (χ0n) is 10.0. The van der Waals surface area contributed by atoms with Gasteiger partial charge in [-0.2, -0.15) is 18.3 Å². The third-order valence-electron chi connectivity index (χ3n) is 2.73. The van der Waals surface area contributed by atoms with Gasteiger partial charge in [0, 0.05) is 6.42 Å². The van der Waals surface area contributed by atoms with E-state index in [-0.39, 0.29) is 0 Å². The molecule has 0 saturated heterocycles. The lowest BCUT2D eigenvalue weighted by Gasteiger charge is -2.21. The second-order valence-corrected chi connectivity index (χ2v) is 3.97. The number of nitrogens with zero attached hydrogens (tertiary/aromatic N) is 2. The van der Waals surface area contributed by atoms with Crippen LogP contribution in [0.4, 0.5) is 18.9 Å². The molecule has 2 rings (SSSR count). The van der Waals surface area contributed by atoms with E-state index < -0.39 is 30.3 Å². The molecule has 1 aliphatic rings. The molecule has 0 aromatic heterocycles. The summed E-state index contributed by atoms with van der Waals surface area (Å²) in [5.74, 6) is -0.744. The first kappa shape index (κ1) is 13.4. The molecule has 1 aromatic carbocycles. The lowest BCUT2D eigenvalue weighted by molar-refractivity contribution is -0.141. The normalized spacial score (nSPS) is 19.3. The number of carbonyl (C=O) groups is 1. The highest BCUT2D eigenvalue weighted by Crippen LogP contribution is 2.31. The molecule has 0 bridgehead atoms. The number of alkyl halides is 3. The highest BCUT2D eigenvalue weighted by atomic mass is 19.4. The predicted molar refractivity (Wildman–Crippen MR) is 62.8 cm³/mol. The number of ether oxygens (including phenoxy) is 1. The minimum absolute atomic E-state index is 0.414. The molecule has 102 valence electrons. The molecular formula is C12H11F3N2O2. The Morgan fingerprint density at radius 2 is 2.00 bits per heavy atom. The average Bonchev–Trinajstić information content (AvgIpc) is 2.83. The van der Waals surface area contributed by atoms with Crippen LogP contribution in [-0.2, 0) is 9.53 Å². The molecule has 0 spiro atoms. The van der Waals surface area contributed by atoms with E-state index in [9.17, 15) is 18.0 Å². The fraction of sp³-hybridized carbons (Fsp3) is 0.333. The molecular weight excluding hydrogens is 261 g/mol. The second-order valence-electron chi connectivity index (χ2n) is 3.97. The summed E-state index contributed by atoms with van der Waals surface area (Å²) in [4.78, 5) is 11.6. The van der Waals surface area contributed by atoms with Crippen molar-refractivity contribution in [2.24, 2.45) is 5.10 Å². The van der Waals surface area contributed by atoms with Crippen LogP contribution in [0.3, 0.4) is 0 Å². The second kappa shape index (κ2) is 4.91. The Bertz CT molecular complexity index is 499. The predicted octanol–water partition coefficient (Wildman–Crippen LogP) is 2.36. The summed E-state index contributed by atoms with van der Waals surface area (Å²) >= 11 is 0. The number of benzene rings is 1. The number of hydrazone groups is 1. The van der Waals surface area contributed by atoms with E-state index in [2.05, 4.69) is 9.84 Å². The fourth-order valence-electron chi connectivity index (χ4n) is 1.82. The highest BCUT2D eigenvalue weighted by Gasteiger charge is 2.45. The van der Waals surface area contributed by atoms with Crippen molar-refractivity contribution in [3.8, 4) is 0 Å².